The zero-order valence-electron chi connectivity index (χ0n) is 39.1. The van der Waals surface area contributed by atoms with Crippen molar-refractivity contribution >= 4 is 35.4 Å². The van der Waals surface area contributed by atoms with E-state index in [-0.39, 0.29) is 47.6 Å². The summed E-state index contributed by atoms with van der Waals surface area (Å²) in [6.07, 6.45) is 7.54. The van der Waals surface area contributed by atoms with Crippen LogP contribution in [0.3, 0.4) is 0 Å². The van der Waals surface area contributed by atoms with Gasteiger partial charge in [0.1, 0.15) is 24.1 Å². The molecule has 2 saturated heterocycles. The molecule has 1 aromatic heterocycles. The van der Waals surface area contributed by atoms with Crippen molar-refractivity contribution in [2.45, 2.75) is 129 Å². The topological polar surface area (TPSA) is 170 Å². The molecule has 0 spiro atoms. The molecule has 3 aliphatic heterocycles. The first-order chi connectivity index (χ1) is 31.4. The molecule has 5 aliphatic rings. The SMILES string of the molecule is CC.COC(=O)N[C@H](C(=O)N1CCC[C@H]1c1ncc(-c2ccc(-c3ccc(-c4ccc5c(c4)NC([C@@H]4CCCN4C(=O)[C@@H](NC(=O)OC)C(C)C)N5)cc3)c3c2C2CCC3C2)[nH]1)C(C)C.[HH].[HH].[HH].[HH]. The highest BCUT2D eigenvalue weighted by Gasteiger charge is 2.43. The second-order valence-corrected chi connectivity index (χ2v) is 18.6. The van der Waals surface area contributed by atoms with E-state index in [2.05, 4.69) is 80.8 Å². The van der Waals surface area contributed by atoms with Crippen LogP contribution in [-0.2, 0) is 19.1 Å². The number of nitrogens with zero attached hydrogens (tertiary/aromatic N) is 3. The van der Waals surface area contributed by atoms with E-state index in [4.69, 9.17) is 14.5 Å². The van der Waals surface area contributed by atoms with Gasteiger partial charge in [-0.25, -0.2) is 14.6 Å². The molecule has 4 heterocycles. The van der Waals surface area contributed by atoms with E-state index in [1.54, 1.807) is 0 Å². The average Bonchev–Trinajstić information content (AvgIpc) is 4.19. The zero-order chi connectivity index (χ0) is 46.1. The fourth-order valence-electron chi connectivity index (χ4n) is 11.0. The number of amides is 4. The molecule has 0 radical (unpaired) electrons. The molecule has 4 aromatic rings. The molecule has 5 N–H and O–H groups in total. The molecule has 9 rings (SSSR count). The Morgan fingerprint density at radius 2 is 1.25 bits per heavy atom. The molecule has 3 fully saturated rings. The van der Waals surface area contributed by atoms with Gasteiger partial charge in [-0.15, -0.1) is 0 Å². The minimum absolute atomic E-state index is 0. The highest BCUT2D eigenvalue weighted by molar-refractivity contribution is 5.88. The second-order valence-electron chi connectivity index (χ2n) is 18.6. The van der Waals surface area contributed by atoms with E-state index in [1.807, 2.05) is 57.5 Å². The van der Waals surface area contributed by atoms with Crippen LogP contribution in [0.25, 0.3) is 33.5 Å². The van der Waals surface area contributed by atoms with E-state index in [9.17, 15) is 19.2 Å². The number of ether oxygens (including phenoxy) is 2. The van der Waals surface area contributed by atoms with Gasteiger partial charge >= 0.3 is 12.2 Å². The minimum Gasteiger partial charge on any atom is -0.453 e. The number of benzene rings is 3. The fourth-order valence-corrected chi connectivity index (χ4v) is 11.0. The lowest BCUT2D eigenvalue weighted by atomic mass is 9.82. The van der Waals surface area contributed by atoms with Crippen LogP contribution in [0.2, 0.25) is 0 Å². The van der Waals surface area contributed by atoms with Crippen LogP contribution in [0, 0.1) is 11.8 Å². The summed E-state index contributed by atoms with van der Waals surface area (Å²) in [7, 11) is 2.62. The summed E-state index contributed by atoms with van der Waals surface area (Å²) in [6, 6.07) is 18.3. The van der Waals surface area contributed by atoms with Crippen LogP contribution >= 0.6 is 0 Å². The maximum Gasteiger partial charge on any atom is 0.407 e. The Kier molecular flexibility index (Phi) is 13.4. The third-order valence-electron chi connectivity index (χ3n) is 14.2. The quantitative estimate of drug-likeness (QED) is 0.0983. The van der Waals surface area contributed by atoms with Gasteiger partial charge in [0, 0.05) is 24.4 Å². The Bertz CT molecular complexity index is 2420. The van der Waals surface area contributed by atoms with Crippen LogP contribution in [0.4, 0.5) is 21.0 Å². The standard InChI is InChI=1S/C49H60N8O6.C2H6.4H2/c1-26(2)42(54-48(60)62-5)46(58)56-21-7-9-38(56)44-50-25-37(53-44)34-19-18-33(40-31-15-16-32(23-31)41(34)40)29-13-11-28(12-14-29)30-17-20-35-36(24-30)52-45(51-35)39-10-8-22-57(39)47(59)43(27(3)4)55-49(61)63-6;1-2;;;;/h11-14,17-20,24-27,31-32,38-39,42-43,45,51-52H,7-10,15-16,21-23H2,1-6H3,(H,50,53)(H,54,60)(H,55,61);1-2H3;4*1H/t31?,32?,38-,39-,42-,43-,45?;;;;;/m0...../s1. The van der Waals surface area contributed by atoms with Gasteiger partial charge in [-0.2, -0.15) is 0 Å². The van der Waals surface area contributed by atoms with E-state index >= 15 is 0 Å². The summed E-state index contributed by atoms with van der Waals surface area (Å²) >= 11 is 0. The number of hydrogen-bond acceptors (Lipinski definition) is 9. The molecule has 7 atom stereocenters. The number of fused-ring (bicyclic) bond motifs is 6. The largest absolute Gasteiger partial charge is 0.453 e. The second kappa shape index (κ2) is 19.2. The van der Waals surface area contributed by atoms with Crippen LogP contribution in [0.1, 0.15) is 127 Å². The van der Waals surface area contributed by atoms with Crippen LogP contribution in [0.5, 0.6) is 0 Å². The molecule has 14 nitrogen and oxygen atoms in total. The van der Waals surface area contributed by atoms with E-state index in [0.717, 1.165) is 59.7 Å². The number of imidazole rings is 1. The molecular weight excluding hydrogens is 821 g/mol. The van der Waals surface area contributed by atoms with Crippen LogP contribution in [-0.4, -0.2) is 95.4 Å². The molecule has 2 bridgehead atoms. The summed E-state index contributed by atoms with van der Waals surface area (Å²) < 4.78 is 9.63. The third kappa shape index (κ3) is 8.75. The maximum absolute atomic E-state index is 13.8. The number of rotatable bonds is 11. The summed E-state index contributed by atoms with van der Waals surface area (Å²) in [5, 5.41) is 12.8. The van der Waals surface area contributed by atoms with Gasteiger partial charge < -0.3 is 45.5 Å². The predicted octanol–water partition coefficient (Wildman–Crippen LogP) is 10.4. The smallest absolute Gasteiger partial charge is 0.407 e. The Labute approximate surface area is 388 Å². The molecule has 354 valence electrons. The highest BCUT2D eigenvalue weighted by Crippen LogP contribution is 2.58. The van der Waals surface area contributed by atoms with E-state index in [1.165, 1.54) is 61.3 Å². The molecule has 3 unspecified atom stereocenters. The van der Waals surface area contributed by atoms with E-state index in [0.29, 0.717) is 24.9 Å². The Hall–Kier alpha value is -6.05. The number of hydrogen-bond donors (Lipinski definition) is 5. The first-order valence-corrected chi connectivity index (χ1v) is 23.7. The van der Waals surface area contributed by atoms with Gasteiger partial charge in [0.05, 0.1) is 49.6 Å². The van der Waals surface area contributed by atoms with Crippen molar-refractivity contribution in [1.82, 2.24) is 30.4 Å². The van der Waals surface area contributed by atoms with Crippen molar-refractivity contribution in [3.8, 4) is 33.5 Å². The van der Waals surface area contributed by atoms with Crippen molar-refractivity contribution in [3.05, 3.63) is 77.7 Å². The number of aromatic amines is 1. The molecule has 2 aliphatic carbocycles. The van der Waals surface area contributed by atoms with Crippen molar-refractivity contribution in [2.75, 3.05) is 37.9 Å². The molecule has 65 heavy (non-hydrogen) atoms. The van der Waals surface area contributed by atoms with Crippen LogP contribution in [0.15, 0.2) is 60.8 Å². The number of methoxy groups -OCH3 is 2. The van der Waals surface area contributed by atoms with Crippen molar-refractivity contribution in [2.24, 2.45) is 11.8 Å². The number of carbonyl (C=O) groups excluding carboxylic acids is 4. The molecule has 1 saturated carbocycles. The number of likely N-dealkylation sites (tertiary alicyclic amines) is 2. The first-order valence-electron chi connectivity index (χ1n) is 23.7. The lowest BCUT2D eigenvalue weighted by Gasteiger charge is -2.33. The van der Waals surface area contributed by atoms with E-state index < -0.39 is 24.3 Å². The summed E-state index contributed by atoms with van der Waals surface area (Å²) in [4.78, 5) is 64.0. The van der Waals surface area contributed by atoms with Crippen molar-refractivity contribution in [3.63, 3.8) is 0 Å². The highest BCUT2D eigenvalue weighted by atomic mass is 16.5. The summed E-state index contributed by atoms with van der Waals surface area (Å²) in [5.74, 6) is 1.42. The Morgan fingerprint density at radius 3 is 1.89 bits per heavy atom. The lowest BCUT2D eigenvalue weighted by Crippen LogP contribution is -2.56. The normalized spacial score (nSPS) is 22.3. The summed E-state index contributed by atoms with van der Waals surface area (Å²) in [6.45, 7) is 13.0. The van der Waals surface area contributed by atoms with Crippen LogP contribution < -0.4 is 21.3 Å². The number of anilines is 2. The molecule has 3 aromatic carbocycles. The Morgan fingerprint density at radius 1 is 0.692 bits per heavy atom. The molecule has 4 amide bonds. The zero-order valence-corrected chi connectivity index (χ0v) is 39.1. The maximum atomic E-state index is 13.8. The number of nitrogens with one attached hydrogen (secondary N) is 5. The van der Waals surface area contributed by atoms with Crippen molar-refractivity contribution in [1.29, 1.82) is 0 Å². The average molecular weight is 895 g/mol. The number of carbonyl (C=O) groups is 4. The molecular formula is C51H74N8O6. The fraction of sp³-hybridized carbons (Fsp3) is 0.510. The number of alkyl carbamates (subject to hydrolysis) is 2. The lowest BCUT2D eigenvalue weighted by molar-refractivity contribution is -0.136. The molecule has 14 heteroatoms. The van der Waals surface area contributed by atoms with Gasteiger partial charge in [-0.3, -0.25) is 9.59 Å². The van der Waals surface area contributed by atoms with Gasteiger partial charge in [0.2, 0.25) is 11.8 Å². The summed E-state index contributed by atoms with van der Waals surface area (Å²) in [5.41, 5.74) is 11.8. The van der Waals surface area contributed by atoms with Gasteiger partial charge in [0.15, 0.2) is 0 Å². The number of H-pyrrole nitrogens is 1. The van der Waals surface area contributed by atoms with Gasteiger partial charge in [0.25, 0.3) is 0 Å². The Balaban J connectivity index is 0.00000171. The third-order valence-corrected chi connectivity index (χ3v) is 14.2. The van der Waals surface area contributed by atoms with Gasteiger partial charge in [-0.05, 0) is 114 Å². The van der Waals surface area contributed by atoms with Gasteiger partial charge in [-0.1, -0.05) is 84.0 Å². The predicted molar refractivity (Wildman–Crippen MR) is 262 cm³/mol. The first kappa shape index (κ1) is 45.5. The number of aromatic nitrogens is 2. The van der Waals surface area contributed by atoms with Crippen molar-refractivity contribution < 1.29 is 34.4 Å². The monoisotopic (exact) mass is 895 g/mol. The minimum atomic E-state index is -0.681.